The number of pyridine rings is 1. The maximum Gasteiger partial charge on any atom is 0.244 e. The molecule has 184 valence electrons. The van der Waals surface area contributed by atoms with Crippen LogP contribution in [0.3, 0.4) is 0 Å². The molecule has 0 spiro atoms. The van der Waals surface area contributed by atoms with Crippen LogP contribution in [0.5, 0.6) is 5.75 Å². The Hall–Kier alpha value is -4.10. The summed E-state index contributed by atoms with van der Waals surface area (Å²) in [6, 6.07) is 19.7. The van der Waals surface area contributed by atoms with E-state index < -0.39 is 0 Å². The summed E-state index contributed by atoms with van der Waals surface area (Å²) in [6.07, 6.45) is 5.48. The zero-order valence-corrected chi connectivity index (χ0v) is 20.8. The Morgan fingerprint density at radius 2 is 1.89 bits per heavy atom. The lowest BCUT2D eigenvalue weighted by Gasteiger charge is -2.27. The highest BCUT2D eigenvalue weighted by Crippen LogP contribution is 2.34. The van der Waals surface area contributed by atoms with Crippen molar-refractivity contribution in [3.63, 3.8) is 0 Å². The van der Waals surface area contributed by atoms with Gasteiger partial charge in [0.1, 0.15) is 17.9 Å². The van der Waals surface area contributed by atoms with Crippen molar-refractivity contribution in [2.24, 2.45) is 5.73 Å². The first-order valence-corrected chi connectivity index (χ1v) is 12.2. The van der Waals surface area contributed by atoms with Crippen LogP contribution in [0, 0.1) is 0 Å². The molecule has 0 aliphatic heterocycles. The SMILES string of the molecule is CCC(N)(CC)c1ccc(NC(=O)Cn2cc(-c3cc4cccnc4[nH]3)c3cc(OC)ccc32)cc1. The number of aromatic nitrogens is 3. The maximum atomic E-state index is 13.0. The van der Waals surface area contributed by atoms with Gasteiger partial charge in [-0.1, -0.05) is 26.0 Å². The minimum absolute atomic E-state index is 0.106. The molecule has 1 amide bonds. The largest absolute Gasteiger partial charge is 0.497 e. The van der Waals surface area contributed by atoms with Crippen LogP contribution >= 0.6 is 0 Å². The topological polar surface area (TPSA) is 98.0 Å². The van der Waals surface area contributed by atoms with Crippen molar-refractivity contribution in [2.75, 3.05) is 12.4 Å². The highest BCUT2D eigenvalue weighted by Gasteiger charge is 2.22. The summed E-state index contributed by atoms with van der Waals surface area (Å²) in [5, 5.41) is 5.05. The molecule has 7 heteroatoms. The van der Waals surface area contributed by atoms with Crippen LogP contribution in [0.2, 0.25) is 0 Å². The summed E-state index contributed by atoms with van der Waals surface area (Å²) in [7, 11) is 1.65. The second kappa shape index (κ2) is 9.51. The molecule has 0 unspecified atom stereocenters. The summed E-state index contributed by atoms with van der Waals surface area (Å²) in [5.74, 6) is 0.653. The number of carbonyl (C=O) groups is 1. The molecule has 4 N–H and O–H groups in total. The first-order chi connectivity index (χ1) is 17.4. The van der Waals surface area contributed by atoms with Crippen LogP contribution in [0.4, 0.5) is 5.69 Å². The number of hydrogen-bond acceptors (Lipinski definition) is 4. The quantitative estimate of drug-likeness (QED) is 0.261. The Labute approximate surface area is 210 Å². The number of methoxy groups -OCH3 is 1. The van der Waals surface area contributed by atoms with Crippen molar-refractivity contribution in [1.29, 1.82) is 0 Å². The molecule has 3 heterocycles. The number of nitrogens with one attached hydrogen (secondary N) is 2. The molecule has 0 saturated carbocycles. The number of benzene rings is 2. The summed E-state index contributed by atoms with van der Waals surface area (Å²) in [6.45, 7) is 4.36. The third-order valence-electron chi connectivity index (χ3n) is 7.09. The number of anilines is 1. The number of nitrogens with zero attached hydrogens (tertiary/aromatic N) is 2. The summed E-state index contributed by atoms with van der Waals surface area (Å²) in [5.41, 5.74) is 11.7. The van der Waals surface area contributed by atoms with Crippen LogP contribution in [-0.2, 0) is 16.9 Å². The van der Waals surface area contributed by atoms with Gasteiger partial charge in [0.15, 0.2) is 0 Å². The Balaban J connectivity index is 1.43. The number of rotatable bonds is 8. The molecule has 0 fully saturated rings. The maximum absolute atomic E-state index is 13.0. The zero-order valence-electron chi connectivity index (χ0n) is 20.8. The van der Waals surface area contributed by atoms with Gasteiger partial charge in [0.05, 0.1) is 7.11 Å². The van der Waals surface area contributed by atoms with E-state index in [4.69, 9.17) is 10.5 Å². The second-order valence-corrected chi connectivity index (χ2v) is 9.17. The molecule has 0 aliphatic carbocycles. The standard InChI is InChI=1S/C29H31N5O2/c1-4-29(30,5-2)20-8-10-21(11-9-20)32-27(35)18-34-17-24(23-16-22(36-3)12-13-26(23)34)25-15-19-7-6-14-31-28(19)33-25/h6-17H,4-5,18,30H2,1-3H3,(H,31,33)(H,32,35). The van der Waals surface area contributed by atoms with E-state index in [1.165, 1.54) is 0 Å². The van der Waals surface area contributed by atoms with E-state index in [1.807, 2.05) is 65.4 Å². The minimum atomic E-state index is -0.345. The number of hydrogen-bond donors (Lipinski definition) is 3. The van der Waals surface area contributed by atoms with E-state index in [1.54, 1.807) is 13.3 Å². The van der Waals surface area contributed by atoms with Gasteiger partial charge in [0.2, 0.25) is 5.91 Å². The van der Waals surface area contributed by atoms with Gasteiger partial charge in [0, 0.05) is 51.2 Å². The molecule has 0 saturated heterocycles. The molecule has 0 radical (unpaired) electrons. The summed E-state index contributed by atoms with van der Waals surface area (Å²) < 4.78 is 7.44. The molecule has 2 aromatic carbocycles. The smallest absolute Gasteiger partial charge is 0.244 e. The van der Waals surface area contributed by atoms with E-state index in [-0.39, 0.29) is 18.0 Å². The van der Waals surface area contributed by atoms with Crippen molar-refractivity contribution in [3.05, 3.63) is 78.6 Å². The van der Waals surface area contributed by atoms with Gasteiger partial charge in [-0.2, -0.15) is 0 Å². The van der Waals surface area contributed by atoms with Gasteiger partial charge in [-0.3, -0.25) is 4.79 Å². The van der Waals surface area contributed by atoms with Gasteiger partial charge in [-0.05, 0) is 66.9 Å². The molecule has 0 atom stereocenters. The monoisotopic (exact) mass is 481 g/mol. The van der Waals surface area contributed by atoms with Gasteiger partial charge in [-0.15, -0.1) is 0 Å². The normalized spacial score (nSPS) is 11.8. The fraction of sp³-hybridized carbons (Fsp3) is 0.241. The summed E-state index contributed by atoms with van der Waals surface area (Å²) in [4.78, 5) is 20.8. The number of nitrogens with two attached hydrogens (primary N) is 1. The molecule has 0 aliphatic rings. The van der Waals surface area contributed by atoms with Gasteiger partial charge in [-0.25, -0.2) is 4.98 Å². The van der Waals surface area contributed by atoms with Crippen molar-refractivity contribution < 1.29 is 9.53 Å². The lowest BCUT2D eigenvalue weighted by Crippen LogP contribution is -2.35. The van der Waals surface area contributed by atoms with E-state index in [2.05, 4.69) is 35.2 Å². The predicted molar refractivity (Wildman–Crippen MR) is 145 cm³/mol. The molecule has 3 aromatic heterocycles. The highest BCUT2D eigenvalue weighted by atomic mass is 16.5. The van der Waals surface area contributed by atoms with Crippen LogP contribution in [0.25, 0.3) is 33.2 Å². The van der Waals surface area contributed by atoms with Crippen molar-refractivity contribution in [1.82, 2.24) is 14.5 Å². The molecular weight excluding hydrogens is 450 g/mol. The molecule has 0 bridgehead atoms. The minimum Gasteiger partial charge on any atom is -0.497 e. The number of amides is 1. The van der Waals surface area contributed by atoms with Gasteiger partial charge >= 0.3 is 0 Å². The van der Waals surface area contributed by atoms with E-state index >= 15 is 0 Å². The van der Waals surface area contributed by atoms with Crippen LogP contribution in [0.1, 0.15) is 32.3 Å². The third kappa shape index (κ3) is 4.33. The van der Waals surface area contributed by atoms with Crippen molar-refractivity contribution >= 4 is 33.5 Å². The van der Waals surface area contributed by atoms with Crippen LogP contribution in [-0.4, -0.2) is 27.6 Å². The molecular formula is C29H31N5O2. The number of aromatic amines is 1. The lowest BCUT2D eigenvalue weighted by atomic mass is 9.86. The van der Waals surface area contributed by atoms with Crippen molar-refractivity contribution in [2.45, 2.75) is 38.8 Å². The molecule has 5 aromatic rings. The number of ether oxygens (including phenoxy) is 1. The van der Waals surface area contributed by atoms with Gasteiger partial charge in [0.25, 0.3) is 0 Å². The first kappa shape index (κ1) is 23.6. The van der Waals surface area contributed by atoms with Gasteiger partial charge < -0.3 is 25.3 Å². The Kier molecular flexibility index (Phi) is 6.24. The molecule has 5 rings (SSSR count). The predicted octanol–water partition coefficient (Wildman–Crippen LogP) is 5.81. The number of H-pyrrole nitrogens is 1. The summed E-state index contributed by atoms with van der Waals surface area (Å²) >= 11 is 0. The third-order valence-corrected chi connectivity index (χ3v) is 7.09. The fourth-order valence-electron chi connectivity index (χ4n) is 4.75. The average Bonchev–Trinajstić information content (AvgIpc) is 3.49. The first-order valence-electron chi connectivity index (χ1n) is 12.2. The number of fused-ring (bicyclic) bond motifs is 2. The van der Waals surface area contributed by atoms with E-state index in [9.17, 15) is 4.79 Å². The lowest BCUT2D eigenvalue weighted by molar-refractivity contribution is -0.116. The number of carbonyl (C=O) groups excluding carboxylic acids is 1. The fourth-order valence-corrected chi connectivity index (χ4v) is 4.75. The zero-order chi connectivity index (χ0) is 25.3. The highest BCUT2D eigenvalue weighted by molar-refractivity contribution is 6.00. The molecule has 7 nitrogen and oxygen atoms in total. The Bertz CT molecular complexity index is 1490. The van der Waals surface area contributed by atoms with E-state index in [0.717, 1.165) is 63.0 Å². The Morgan fingerprint density at radius 3 is 2.58 bits per heavy atom. The second-order valence-electron chi connectivity index (χ2n) is 9.17. The van der Waals surface area contributed by atoms with Crippen LogP contribution < -0.4 is 15.8 Å². The molecule has 36 heavy (non-hydrogen) atoms. The van der Waals surface area contributed by atoms with E-state index in [0.29, 0.717) is 0 Å². The average molecular weight is 482 g/mol. The van der Waals surface area contributed by atoms with Crippen LogP contribution in [0.15, 0.2) is 73.1 Å². The Morgan fingerprint density at radius 1 is 1.11 bits per heavy atom. The van der Waals surface area contributed by atoms with Crippen molar-refractivity contribution in [3.8, 4) is 17.0 Å².